The van der Waals surface area contributed by atoms with Crippen LogP contribution in [0.5, 0.6) is 0 Å². The Kier molecular flexibility index (Phi) is 5.29. The van der Waals surface area contributed by atoms with Gasteiger partial charge in [-0.2, -0.15) is 0 Å². The molecule has 1 atom stereocenters. The van der Waals surface area contributed by atoms with Gasteiger partial charge in [-0.1, -0.05) is 36.4 Å². The fraction of sp³-hybridized carbons (Fsp3) is 0.450. The van der Waals surface area contributed by atoms with Gasteiger partial charge in [0.15, 0.2) is 0 Å². The molecule has 1 aromatic heterocycles. The molecule has 3 nitrogen and oxygen atoms in total. The van der Waals surface area contributed by atoms with Gasteiger partial charge in [0.1, 0.15) is 5.82 Å². The molecule has 1 aliphatic heterocycles. The fourth-order valence-electron chi connectivity index (χ4n) is 3.64. The highest BCUT2D eigenvalue weighted by Gasteiger charge is 2.29. The van der Waals surface area contributed by atoms with Crippen LogP contribution in [0.3, 0.4) is 0 Å². The van der Waals surface area contributed by atoms with Crippen molar-refractivity contribution in [3.8, 4) is 0 Å². The SMILES string of the molecule is CCN(CC)c1ncccc1[C@H]1CCCN1Cc1ccccc1. The molecule has 1 saturated heterocycles. The molecule has 0 unspecified atom stereocenters. The zero-order valence-electron chi connectivity index (χ0n) is 14.3. The third-order valence-corrected chi connectivity index (χ3v) is 4.83. The minimum absolute atomic E-state index is 0.486. The van der Waals surface area contributed by atoms with Gasteiger partial charge in [-0.05, 0) is 44.9 Å². The molecule has 0 bridgehead atoms. The average Bonchev–Trinajstić information content (AvgIpc) is 3.05. The molecule has 0 amide bonds. The molecule has 2 heterocycles. The van der Waals surface area contributed by atoms with E-state index in [2.05, 4.69) is 66.1 Å². The summed E-state index contributed by atoms with van der Waals surface area (Å²) in [5.74, 6) is 1.17. The van der Waals surface area contributed by atoms with Crippen molar-refractivity contribution < 1.29 is 0 Å². The molecule has 0 spiro atoms. The number of aromatic nitrogens is 1. The van der Waals surface area contributed by atoms with Crippen molar-refractivity contribution in [2.24, 2.45) is 0 Å². The predicted molar refractivity (Wildman–Crippen MR) is 96.6 cm³/mol. The van der Waals surface area contributed by atoms with E-state index in [4.69, 9.17) is 4.98 Å². The first kappa shape index (κ1) is 16.0. The smallest absolute Gasteiger partial charge is 0.133 e. The normalized spacial score (nSPS) is 18.3. The molecule has 3 rings (SSSR count). The van der Waals surface area contributed by atoms with Gasteiger partial charge in [0.25, 0.3) is 0 Å². The Morgan fingerprint density at radius 1 is 1.09 bits per heavy atom. The monoisotopic (exact) mass is 309 g/mol. The van der Waals surface area contributed by atoms with Gasteiger partial charge >= 0.3 is 0 Å². The summed E-state index contributed by atoms with van der Waals surface area (Å²) in [4.78, 5) is 9.69. The van der Waals surface area contributed by atoms with Gasteiger partial charge < -0.3 is 4.90 Å². The molecule has 23 heavy (non-hydrogen) atoms. The molecule has 3 heteroatoms. The molecule has 0 aliphatic carbocycles. The van der Waals surface area contributed by atoms with Crippen molar-refractivity contribution in [3.05, 3.63) is 59.8 Å². The lowest BCUT2D eigenvalue weighted by Gasteiger charge is -2.29. The second kappa shape index (κ2) is 7.60. The van der Waals surface area contributed by atoms with E-state index in [1.807, 2.05) is 6.20 Å². The Balaban J connectivity index is 1.85. The van der Waals surface area contributed by atoms with Gasteiger partial charge in [0.05, 0.1) is 0 Å². The average molecular weight is 309 g/mol. The van der Waals surface area contributed by atoms with Crippen LogP contribution >= 0.6 is 0 Å². The summed E-state index contributed by atoms with van der Waals surface area (Å²) in [5.41, 5.74) is 2.79. The van der Waals surface area contributed by atoms with Crippen LogP contribution in [0, 0.1) is 0 Å². The zero-order chi connectivity index (χ0) is 16.1. The summed E-state index contributed by atoms with van der Waals surface area (Å²) in [6, 6.07) is 15.6. The van der Waals surface area contributed by atoms with E-state index in [-0.39, 0.29) is 0 Å². The summed E-state index contributed by atoms with van der Waals surface area (Å²) < 4.78 is 0. The number of rotatable bonds is 6. The van der Waals surface area contributed by atoms with Crippen LogP contribution in [0.4, 0.5) is 5.82 Å². The minimum atomic E-state index is 0.486. The van der Waals surface area contributed by atoms with Crippen molar-refractivity contribution in [1.29, 1.82) is 0 Å². The topological polar surface area (TPSA) is 19.4 Å². The Bertz CT molecular complexity index is 607. The number of hydrogen-bond acceptors (Lipinski definition) is 3. The second-order valence-corrected chi connectivity index (χ2v) is 6.20. The van der Waals surface area contributed by atoms with Gasteiger partial charge in [-0.15, -0.1) is 0 Å². The van der Waals surface area contributed by atoms with Crippen LogP contribution in [0.1, 0.15) is 43.9 Å². The lowest BCUT2D eigenvalue weighted by molar-refractivity contribution is 0.248. The van der Waals surface area contributed by atoms with Gasteiger partial charge in [0.2, 0.25) is 0 Å². The first-order chi connectivity index (χ1) is 11.3. The molecule has 0 N–H and O–H groups in total. The first-order valence-electron chi connectivity index (χ1n) is 8.81. The van der Waals surface area contributed by atoms with Crippen LogP contribution < -0.4 is 4.90 Å². The van der Waals surface area contributed by atoms with E-state index in [1.165, 1.54) is 36.3 Å². The number of nitrogens with zero attached hydrogens (tertiary/aromatic N) is 3. The van der Waals surface area contributed by atoms with E-state index >= 15 is 0 Å². The molecule has 0 saturated carbocycles. The van der Waals surface area contributed by atoms with E-state index < -0.39 is 0 Å². The quantitative estimate of drug-likeness (QED) is 0.794. The minimum Gasteiger partial charge on any atom is -0.357 e. The van der Waals surface area contributed by atoms with Crippen molar-refractivity contribution in [2.75, 3.05) is 24.5 Å². The standard InChI is InChI=1S/C20H27N3/c1-3-22(4-2)20-18(12-8-14-21-20)19-13-9-15-23(19)16-17-10-6-5-7-11-17/h5-8,10-12,14,19H,3-4,9,13,15-16H2,1-2H3/t19-/m1/s1. The Morgan fingerprint density at radius 3 is 2.61 bits per heavy atom. The number of likely N-dealkylation sites (tertiary alicyclic amines) is 1. The van der Waals surface area contributed by atoms with Gasteiger partial charge in [0, 0.05) is 37.4 Å². The number of benzene rings is 1. The molecular formula is C20H27N3. The summed E-state index contributed by atoms with van der Waals surface area (Å²) in [6.45, 7) is 8.62. The van der Waals surface area contributed by atoms with Crippen molar-refractivity contribution >= 4 is 5.82 Å². The van der Waals surface area contributed by atoms with Crippen LogP contribution in [-0.2, 0) is 6.54 Å². The largest absolute Gasteiger partial charge is 0.357 e. The molecule has 122 valence electrons. The van der Waals surface area contributed by atoms with Gasteiger partial charge in [-0.25, -0.2) is 4.98 Å². The molecule has 1 aromatic carbocycles. The predicted octanol–water partition coefficient (Wildman–Crippen LogP) is 4.26. The number of anilines is 1. The maximum Gasteiger partial charge on any atom is 0.133 e. The van der Waals surface area contributed by atoms with E-state index in [9.17, 15) is 0 Å². The van der Waals surface area contributed by atoms with E-state index in [1.54, 1.807) is 0 Å². The van der Waals surface area contributed by atoms with Crippen molar-refractivity contribution in [1.82, 2.24) is 9.88 Å². The fourth-order valence-corrected chi connectivity index (χ4v) is 3.64. The second-order valence-electron chi connectivity index (χ2n) is 6.20. The summed E-state index contributed by atoms with van der Waals surface area (Å²) in [6.07, 6.45) is 4.42. The van der Waals surface area contributed by atoms with E-state index in [0.717, 1.165) is 19.6 Å². The van der Waals surface area contributed by atoms with Crippen molar-refractivity contribution in [3.63, 3.8) is 0 Å². The Labute approximate surface area is 140 Å². The van der Waals surface area contributed by atoms with Crippen LogP contribution in [0.25, 0.3) is 0 Å². The molecule has 0 radical (unpaired) electrons. The summed E-state index contributed by atoms with van der Waals surface area (Å²) in [7, 11) is 0. The Hall–Kier alpha value is -1.87. The van der Waals surface area contributed by atoms with Crippen LogP contribution in [0.15, 0.2) is 48.7 Å². The van der Waals surface area contributed by atoms with E-state index in [0.29, 0.717) is 6.04 Å². The summed E-state index contributed by atoms with van der Waals surface area (Å²) >= 11 is 0. The number of pyridine rings is 1. The third kappa shape index (κ3) is 3.56. The lowest BCUT2D eigenvalue weighted by atomic mass is 10.0. The highest BCUT2D eigenvalue weighted by atomic mass is 15.2. The highest BCUT2D eigenvalue weighted by molar-refractivity contribution is 5.48. The molecular weight excluding hydrogens is 282 g/mol. The maximum absolute atomic E-state index is 4.71. The zero-order valence-corrected chi connectivity index (χ0v) is 14.3. The molecule has 1 aliphatic rings. The lowest BCUT2D eigenvalue weighted by Crippen LogP contribution is -2.28. The first-order valence-corrected chi connectivity index (χ1v) is 8.81. The molecule has 2 aromatic rings. The third-order valence-electron chi connectivity index (χ3n) is 4.83. The summed E-state index contributed by atoms with van der Waals surface area (Å²) in [5, 5.41) is 0. The van der Waals surface area contributed by atoms with Crippen molar-refractivity contribution in [2.45, 2.75) is 39.3 Å². The molecule has 1 fully saturated rings. The van der Waals surface area contributed by atoms with Crippen LogP contribution in [0.2, 0.25) is 0 Å². The van der Waals surface area contributed by atoms with Gasteiger partial charge in [-0.3, -0.25) is 4.90 Å². The number of hydrogen-bond donors (Lipinski definition) is 0. The Morgan fingerprint density at radius 2 is 1.87 bits per heavy atom. The highest BCUT2D eigenvalue weighted by Crippen LogP contribution is 2.37. The van der Waals surface area contributed by atoms with Crippen LogP contribution in [-0.4, -0.2) is 29.5 Å². The maximum atomic E-state index is 4.71.